The first-order chi connectivity index (χ1) is 9.49. The van der Waals surface area contributed by atoms with E-state index in [1.54, 1.807) is 0 Å². The Morgan fingerprint density at radius 3 is 2.70 bits per heavy atom. The molecule has 0 saturated heterocycles. The van der Waals surface area contributed by atoms with Crippen LogP contribution in [-0.2, 0) is 6.42 Å². The van der Waals surface area contributed by atoms with Crippen LogP contribution in [0.15, 0.2) is 24.3 Å². The van der Waals surface area contributed by atoms with Gasteiger partial charge in [-0.2, -0.15) is 0 Å². The fourth-order valence-corrected chi connectivity index (χ4v) is 2.40. The van der Waals surface area contributed by atoms with E-state index in [0.717, 1.165) is 25.0 Å². The number of aliphatic hydroxyl groups is 1. The van der Waals surface area contributed by atoms with Crippen LogP contribution in [0, 0.1) is 0 Å². The number of aliphatic hydroxyl groups excluding tert-OH is 1. The van der Waals surface area contributed by atoms with Crippen molar-refractivity contribution in [3.05, 3.63) is 29.8 Å². The van der Waals surface area contributed by atoms with Crippen LogP contribution in [-0.4, -0.2) is 29.9 Å². The summed E-state index contributed by atoms with van der Waals surface area (Å²) >= 11 is 0. The molecule has 0 spiro atoms. The van der Waals surface area contributed by atoms with Gasteiger partial charge in [-0.1, -0.05) is 32.9 Å². The normalized spacial score (nSPS) is 14.3. The summed E-state index contributed by atoms with van der Waals surface area (Å²) in [5.74, 6) is 0.937. The van der Waals surface area contributed by atoms with Crippen molar-refractivity contribution < 1.29 is 9.84 Å². The van der Waals surface area contributed by atoms with Crippen molar-refractivity contribution >= 4 is 0 Å². The van der Waals surface area contributed by atoms with Crippen LogP contribution in [0.5, 0.6) is 5.75 Å². The second kappa shape index (κ2) is 8.28. The predicted octanol–water partition coefficient (Wildman–Crippen LogP) is 3.16. The summed E-state index contributed by atoms with van der Waals surface area (Å²) in [6.45, 7) is 9.23. The highest BCUT2D eigenvalue weighted by Gasteiger charge is 2.23. The van der Waals surface area contributed by atoms with Gasteiger partial charge in [-0.05, 0) is 43.9 Å². The third-order valence-corrected chi connectivity index (χ3v) is 3.43. The third-order valence-electron chi connectivity index (χ3n) is 3.43. The van der Waals surface area contributed by atoms with Gasteiger partial charge in [-0.15, -0.1) is 0 Å². The minimum Gasteiger partial charge on any atom is -0.494 e. The number of rotatable bonds is 9. The van der Waals surface area contributed by atoms with E-state index < -0.39 is 0 Å². The van der Waals surface area contributed by atoms with Gasteiger partial charge in [0.15, 0.2) is 0 Å². The Hall–Kier alpha value is -1.06. The molecule has 114 valence electrons. The molecular weight excluding hydrogens is 250 g/mol. The molecule has 1 atom stereocenters. The molecule has 1 aromatic carbocycles. The van der Waals surface area contributed by atoms with Crippen LogP contribution in [0.1, 0.15) is 46.1 Å². The Balaban J connectivity index is 2.36. The molecule has 0 aromatic heterocycles. The maximum Gasteiger partial charge on any atom is 0.119 e. The zero-order valence-electron chi connectivity index (χ0n) is 13.3. The molecule has 2 N–H and O–H groups in total. The molecule has 0 aliphatic rings. The first-order valence-electron chi connectivity index (χ1n) is 7.59. The van der Waals surface area contributed by atoms with Crippen LogP contribution in [0.3, 0.4) is 0 Å². The van der Waals surface area contributed by atoms with Crippen molar-refractivity contribution in [2.75, 3.05) is 13.2 Å². The SMILES string of the molecule is CCc1cccc(OCCCC(C)(CO)NC(C)C)c1. The van der Waals surface area contributed by atoms with Crippen LogP contribution in [0.25, 0.3) is 0 Å². The first-order valence-corrected chi connectivity index (χ1v) is 7.59. The van der Waals surface area contributed by atoms with E-state index in [-0.39, 0.29) is 12.1 Å². The van der Waals surface area contributed by atoms with Crippen LogP contribution >= 0.6 is 0 Å². The number of ether oxygens (including phenoxy) is 1. The van der Waals surface area contributed by atoms with Crippen LogP contribution in [0.2, 0.25) is 0 Å². The summed E-state index contributed by atoms with van der Waals surface area (Å²) in [5.41, 5.74) is 1.08. The lowest BCUT2D eigenvalue weighted by atomic mass is 9.96. The van der Waals surface area contributed by atoms with E-state index in [4.69, 9.17) is 4.74 Å². The lowest BCUT2D eigenvalue weighted by molar-refractivity contribution is 0.147. The lowest BCUT2D eigenvalue weighted by Gasteiger charge is -2.31. The quantitative estimate of drug-likeness (QED) is 0.682. The van der Waals surface area contributed by atoms with Crippen molar-refractivity contribution in [3.8, 4) is 5.75 Å². The Morgan fingerprint density at radius 1 is 1.35 bits per heavy atom. The molecule has 0 amide bonds. The minimum atomic E-state index is -0.219. The van der Waals surface area contributed by atoms with Gasteiger partial charge in [-0.3, -0.25) is 0 Å². The summed E-state index contributed by atoms with van der Waals surface area (Å²) in [6.07, 6.45) is 2.85. The molecule has 0 saturated carbocycles. The van der Waals surface area contributed by atoms with E-state index in [1.807, 2.05) is 12.1 Å². The summed E-state index contributed by atoms with van der Waals surface area (Å²) in [4.78, 5) is 0. The van der Waals surface area contributed by atoms with E-state index in [0.29, 0.717) is 12.6 Å². The van der Waals surface area contributed by atoms with Gasteiger partial charge in [0.1, 0.15) is 5.75 Å². The van der Waals surface area contributed by atoms with Gasteiger partial charge in [0, 0.05) is 11.6 Å². The van der Waals surface area contributed by atoms with Gasteiger partial charge in [0.2, 0.25) is 0 Å². The molecule has 3 nitrogen and oxygen atoms in total. The standard InChI is InChI=1S/C17H29NO2/c1-5-15-8-6-9-16(12-15)20-11-7-10-17(4,13-19)18-14(2)3/h6,8-9,12,14,18-19H,5,7,10-11,13H2,1-4H3. The molecule has 0 bridgehead atoms. The van der Waals surface area contributed by atoms with Crippen molar-refractivity contribution in [2.24, 2.45) is 0 Å². The maximum absolute atomic E-state index is 9.52. The Labute approximate surface area is 123 Å². The van der Waals surface area contributed by atoms with Gasteiger partial charge in [0.05, 0.1) is 13.2 Å². The topological polar surface area (TPSA) is 41.5 Å². The van der Waals surface area contributed by atoms with Crippen molar-refractivity contribution in [1.82, 2.24) is 5.32 Å². The molecule has 0 aliphatic carbocycles. The number of aryl methyl sites for hydroxylation is 1. The summed E-state index contributed by atoms with van der Waals surface area (Å²) < 4.78 is 5.78. The summed E-state index contributed by atoms with van der Waals surface area (Å²) in [5, 5.41) is 12.9. The van der Waals surface area contributed by atoms with E-state index in [1.165, 1.54) is 5.56 Å². The Kier molecular flexibility index (Phi) is 7.03. The Bertz CT molecular complexity index is 392. The second-order valence-electron chi connectivity index (χ2n) is 5.97. The molecule has 0 heterocycles. The molecule has 0 radical (unpaired) electrons. The average Bonchev–Trinajstić information content (AvgIpc) is 2.43. The Morgan fingerprint density at radius 2 is 2.10 bits per heavy atom. The molecule has 1 aromatic rings. The fraction of sp³-hybridized carbons (Fsp3) is 0.647. The molecule has 1 unspecified atom stereocenters. The molecule has 1 rings (SSSR count). The number of nitrogens with one attached hydrogen (secondary N) is 1. The fourth-order valence-electron chi connectivity index (χ4n) is 2.40. The lowest BCUT2D eigenvalue weighted by Crippen LogP contribution is -2.49. The largest absolute Gasteiger partial charge is 0.494 e. The first kappa shape index (κ1) is 17.0. The molecule has 20 heavy (non-hydrogen) atoms. The molecular formula is C17H29NO2. The zero-order valence-corrected chi connectivity index (χ0v) is 13.3. The van der Waals surface area contributed by atoms with Crippen molar-refractivity contribution in [3.63, 3.8) is 0 Å². The molecule has 3 heteroatoms. The highest BCUT2D eigenvalue weighted by atomic mass is 16.5. The molecule has 0 aliphatic heterocycles. The summed E-state index contributed by atoms with van der Waals surface area (Å²) in [6, 6.07) is 8.61. The predicted molar refractivity (Wildman–Crippen MR) is 84.3 cm³/mol. The number of benzene rings is 1. The minimum absolute atomic E-state index is 0.149. The smallest absolute Gasteiger partial charge is 0.119 e. The van der Waals surface area contributed by atoms with Gasteiger partial charge in [0.25, 0.3) is 0 Å². The van der Waals surface area contributed by atoms with Crippen LogP contribution in [0.4, 0.5) is 0 Å². The van der Waals surface area contributed by atoms with E-state index >= 15 is 0 Å². The number of hydrogen-bond acceptors (Lipinski definition) is 3. The van der Waals surface area contributed by atoms with Crippen molar-refractivity contribution in [1.29, 1.82) is 0 Å². The zero-order chi connectivity index (χ0) is 15.0. The van der Waals surface area contributed by atoms with Gasteiger partial charge < -0.3 is 15.2 Å². The van der Waals surface area contributed by atoms with Gasteiger partial charge >= 0.3 is 0 Å². The highest BCUT2D eigenvalue weighted by molar-refractivity contribution is 5.28. The second-order valence-corrected chi connectivity index (χ2v) is 5.97. The van der Waals surface area contributed by atoms with Crippen molar-refractivity contribution in [2.45, 2.75) is 58.5 Å². The summed E-state index contributed by atoms with van der Waals surface area (Å²) in [7, 11) is 0. The maximum atomic E-state index is 9.52. The van der Waals surface area contributed by atoms with Gasteiger partial charge in [-0.25, -0.2) is 0 Å². The van der Waals surface area contributed by atoms with E-state index in [9.17, 15) is 5.11 Å². The third kappa shape index (κ3) is 5.93. The van der Waals surface area contributed by atoms with Crippen LogP contribution < -0.4 is 10.1 Å². The van der Waals surface area contributed by atoms with E-state index in [2.05, 4.69) is 45.1 Å². The highest BCUT2D eigenvalue weighted by Crippen LogP contribution is 2.16. The monoisotopic (exact) mass is 279 g/mol. The average molecular weight is 279 g/mol. The molecule has 0 fully saturated rings. The number of hydrogen-bond donors (Lipinski definition) is 2.